The first-order chi connectivity index (χ1) is 11.3. The minimum absolute atomic E-state index is 0.103. The van der Waals surface area contributed by atoms with Gasteiger partial charge in [0.2, 0.25) is 0 Å². The van der Waals surface area contributed by atoms with Crippen molar-refractivity contribution >= 4 is 16.8 Å². The van der Waals surface area contributed by atoms with Crippen LogP contribution in [0.15, 0.2) is 18.2 Å². The van der Waals surface area contributed by atoms with E-state index in [0.717, 1.165) is 35.0 Å². The number of aromatic amines is 1. The van der Waals surface area contributed by atoms with Gasteiger partial charge in [-0.15, -0.1) is 0 Å². The maximum Gasteiger partial charge on any atom is 0.270 e. The summed E-state index contributed by atoms with van der Waals surface area (Å²) in [6, 6.07) is 6.51. The van der Waals surface area contributed by atoms with Gasteiger partial charge in [0, 0.05) is 30.1 Å². The van der Waals surface area contributed by atoms with Gasteiger partial charge in [0.25, 0.3) is 5.91 Å². The molecule has 1 aromatic carbocycles. The smallest absolute Gasteiger partial charge is 0.270 e. The van der Waals surface area contributed by atoms with E-state index in [2.05, 4.69) is 50.9 Å². The topological polar surface area (TPSA) is 45.3 Å². The van der Waals surface area contributed by atoms with Gasteiger partial charge in [-0.1, -0.05) is 11.6 Å². The average Bonchev–Trinajstić information content (AvgIpc) is 2.84. The number of hydrogen-bond acceptors (Lipinski definition) is 2. The monoisotopic (exact) mass is 328 g/mol. The number of hydrogen-bond donors (Lipinski definition) is 1. The molecule has 1 aromatic heterocycles. The van der Waals surface area contributed by atoms with E-state index < -0.39 is 0 Å². The Morgan fingerprint density at radius 1 is 1.38 bits per heavy atom. The first-order valence-electron chi connectivity index (χ1n) is 8.86. The second kappa shape index (κ2) is 6.25. The van der Waals surface area contributed by atoms with Gasteiger partial charge in [-0.05, 0) is 65.2 Å². The zero-order valence-corrected chi connectivity index (χ0v) is 15.4. The van der Waals surface area contributed by atoms with Gasteiger partial charge in [0.15, 0.2) is 0 Å². The summed E-state index contributed by atoms with van der Waals surface area (Å²) in [7, 11) is 0. The van der Waals surface area contributed by atoms with Crippen LogP contribution in [-0.2, 0) is 4.74 Å². The summed E-state index contributed by atoms with van der Waals surface area (Å²) in [5, 5.41) is 1.14. The molecule has 24 heavy (non-hydrogen) atoms. The number of benzene rings is 1. The molecule has 2 heterocycles. The third kappa shape index (κ3) is 3.07. The van der Waals surface area contributed by atoms with Crippen molar-refractivity contribution in [3.63, 3.8) is 0 Å². The first-order valence-corrected chi connectivity index (χ1v) is 8.86. The molecular weight excluding hydrogens is 300 g/mol. The number of aryl methyl sites for hydroxylation is 2. The first kappa shape index (κ1) is 17.0. The third-order valence-corrected chi connectivity index (χ3v) is 5.14. The summed E-state index contributed by atoms with van der Waals surface area (Å²) in [5.74, 6) is 0.103. The second-order valence-corrected chi connectivity index (χ2v) is 7.52. The predicted octanol–water partition coefficient (Wildman–Crippen LogP) is 4.20. The van der Waals surface area contributed by atoms with E-state index in [-0.39, 0.29) is 17.6 Å². The summed E-state index contributed by atoms with van der Waals surface area (Å²) in [6.45, 7) is 11.8. The number of rotatable bonds is 3. The van der Waals surface area contributed by atoms with Crippen LogP contribution in [0.4, 0.5) is 0 Å². The fourth-order valence-electron chi connectivity index (χ4n) is 3.83. The molecule has 1 amide bonds. The van der Waals surface area contributed by atoms with E-state index in [1.54, 1.807) is 0 Å². The number of ether oxygens (including phenoxy) is 1. The highest BCUT2D eigenvalue weighted by Crippen LogP contribution is 2.30. The van der Waals surface area contributed by atoms with Crippen LogP contribution in [0.3, 0.4) is 0 Å². The molecule has 4 nitrogen and oxygen atoms in total. The fourth-order valence-corrected chi connectivity index (χ4v) is 3.83. The highest BCUT2D eigenvalue weighted by atomic mass is 16.5. The Labute approximate surface area is 144 Å². The van der Waals surface area contributed by atoms with Gasteiger partial charge < -0.3 is 14.6 Å². The maximum atomic E-state index is 13.2. The molecule has 0 saturated carbocycles. The van der Waals surface area contributed by atoms with Crippen molar-refractivity contribution in [2.75, 3.05) is 13.2 Å². The molecule has 0 unspecified atom stereocenters. The summed E-state index contributed by atoms with van der Waals surface area (Å²) in [6.07, 6.45) is 1.78. The van der Waals surface area contributed by atoms with Crippen molar-refractivity contribution < 1.29 is 9.53 Å². The molecule has 1 aliphatic heterocycles. The number of nitrogens with one attached hydrogen (secondary N) is 1. The van der Waals surface area contributed by atoms with Crippen LogP contribution in [0.5, 0.6) is 0 Å². The zero-order chi connectivity index (χ0) is 17.5. The second-order valence-electron chi connectivity index (χ2n) is 7.52. The number of fused-ring (bicyclic) bond motifs is 1. The van der Waals surface area contributed by atoms with Crippen molar-refractivity contribution in [2.24, 2.45) is 0 Å². The van der Waals surface area contributed by atoms with Crippen LogP contribution < -0.4 is 0 Å². The molecule has 3 rings (SSSR count). The van der Waals surface area contributed by atoms with Crippen molar-refractivity contribution in [3.8, 4) is 0 Å². The lowest BCUT2D eigenvalue weighted by molar-refractivity contribution is -0.0777. The fraction of sp³-hybridized carbons (Fsp3) is 0.550. The molecule has 1 atom stereocenters. The quantitative estimate of drug-likeness (QED) is 0.917. The van der Waals surface area contributed by atoms with E-state index in [0.29, 0.717) is 13.2 Å². The summed E-state index contributed by atoms with van der Waals surface area (Å²) >= 11 is 0. The van der Waals surface area contributed by atoms with Crippen LogP contribution in [0.25, 0.3) is 10.9 Å². The van der Waals surface area contributed by atoms with Gasteiger partial charge in [-0.2, -0.15) is 0 Å². The van der Waals surface area contributed by atoms with Gasteiger partial charge in [0.1, 0.15) is 5.69 Å². The molecule has 0 aliphatic carbocycles. The van der Waals surface area contributed by atoms with Crippen molar-refractivity contribution in [1.29, 1.82) is 0 Å². The van der Waals surface area contributed by atoms with Gasteiger partial charge >= 0.3 is 0 Å². The lowest BCUT2D eigenvalue weighted by atomic mass is 9.92. The molecule has 2 aromatic rings. The minimum Gasteiger partial charge on any atom is -0.375 e. The number of carbonyl (C=O) groups is 1. The molecule has 4 heteroatoms. The number of H-pyrrole nitrogens is 1. The average molecular weight is 328 g/mol. The molecule has 1 saturated heterocycles. The molecule has 1 N–H and O–H groups in total. The highest BCUT2D eigenvalue weighted by molar-refractivity contribution is 6.01. The van der Waals surface area contributed by atoms with Gasteiger partial charge in [-0.25, -0.2) is 0 Å². The minimum atomic E-state index is -0.163. The van der Waals surface area contributed by atoms with Crippen molar-refractivity contribution in [1.82, 2.24) is 9.88 Å². The summed E-state index contributed by atoms with van der Waals surface area (Å²) < 4.78 is 5.81. The standard InChI is InChI=1S/C20H28N2O2/c1-6-22(15-9-10-24-20(4,5)12-15)19(23)18-14(3)16-11-13(2)7-8-17(16)21-18/h7-8,11,15,21H,6,9-10,12H2,1-5H3/t15-/m0/s1. The Hall–Kier alpha value is -1.81. The Bertz CT molecular complexity index is 760. The molecule has 0 bridgehead atoms. The molecular formula is C20H28N2O2. The summed E-state index contributed by atoms with van der Waals surface area (Å²) in [5.41, 5.74) is 3.85. The van der Waals surface area contributed by atoms with E-state index >= 15 is 0 Å². The SMILES string of the molecule is CCN(C(=O)c1[nH]c2ccc(C)cc2c1C)[C@H]1CCOC(C)(C)C1. The van der Waals surface area contributed by atoms with Crippen molar-refractivity contribution in [3.05, 3.63) is 35.0 Å². The van der Waals surface area contributed by atoms with E-state index in [1.165, 1.54) is 5.56 Å². The van der Waals surface area contributed by atoms with E-state index in [9.17, 15) is 4.79 Å². The Kier molecular flexibility index (Phi) is 4.43. The maximum absolute atomic E-state index is 13.2. The van der Waals surface area contributed by atoms with Gasteiger partial charge in [0.05, 0.1) is 5.60 Å². The van der Waals surface area contributed by atoms with Crippen LogP contribution in [0.1, 0.15) is 55.2 Å². The Morgan fingerprint density at radius 3 is 2.79 bits per heavy atom. The number of nitrogens with zero attached hydrogens (tertiary/aromatic N) is 1. The lowest BCUT2D eigenvalue weighted by Gasteiger charge is -2.41. The lowest BCUT2D eigenvalue weighted by Crippen LogP contribution is -2.48. The zero-order valence-electron chi connectivity index (χ0n) is 15.4. The molecule has 0 spiro atoms. The predicted molar refractivity (Wildman–Crippen MR) is 97.5 cm³/mol. The van der Waals surface area contributed by atoms with E-state index in [4.69, 9.17) is 4.74 Å². The number of aromatic nitrogens is 1. The van der Waals surface area contributed by atoms with Gasteiger partial charge in [-0.3, -0.25) is 4.79 Å². The van der Waals surface area contributed by atoms with Crippen LogP contribution >= 0.6 is 0 Å². The number of amides is 1. The summed E-state index contributed by atoms with van der Waals surface area (Å²) in [4.78, 5) is 18.6. The van der Waals surface area contributed by atoms with E-state index in [1.807, 2.05) is 11.8 Å². The normalized spacial score (nSPS) is 20.3. The van der Waals surface area contributed by atoms with Crippen LogP contribution in [-0.4, -0.2) is 40.6 Å². The van der Waals surface area contributed by atoms with Crippen LogP contribution in [0, 0.1) is 13.8 Å². The van der Waals surface area contributed by atoms with Crippen LogP contribution in [0.2, 0.25) is 0 Å². The third-order valence-electron chi connectivity index (χ3n) is 5.14. The number of carbonyl (C=O) groups excluding carboxylic acids is 1. The Balaban J connectivity index is 1.93. The molecule has 0 radical (unpaired) electrons. The largest absolute Gasteiger partial charge is 0.375 e. The molecule has 130 valence electrons. The molecule has 1 aliphatic rings. The van der Waals surface area contributed by atoms with Crippen molar-refractivity contribution in [2.45, 2.75) is 59.1 Å². The molecule has 1 fully saturated rings. The highest BCUT2D eigenvalue weighted by Gasteiger charge is 2.34. The Morgan fingerprint density at radius 2 is 2.12 bits per heavy atom.